The molecule has 0 spiro atoms. The van der Waals surface area contributed by atoms with Crippen LogP contribution >= 0.6 is 23.2 Å². The summed E-state index contributed by atoms with van der Waals surface area (Å²) >= 11 is 11.5. The lowest BCUT2D eigenvalue weighted by molar-refractivity contribution is -0.384. The summed E-state index contributed by atoms with van der Waals surface area (Å²) in [6, 6.07) is 1.89. The lowest BCUT2D eigenvalue weighted by Gasteiger charge is -2.28. The van der Waals surface area contributed by atoms with Gasteiger partial charge in [-0.25, -0.2) is 0 Å². The zero-order valence-corrected chi connectivity index (χ0v) is 12.1. The van der Waals surface area contributed by atoms with Gasteiger partial charge in [-0.05, 0) is 0 Å². The van der Waals surface area contributed by atoms with Crippen molar-refractivity contribution in [3.8, 4) is 0 Å². The predicted molar refractivity (Wildman–Crippen MR) is 74.6 cm³/mol. The molecule has 0 aliphatic heterocycles. The number of halogens is 2. The van der Waals surface area contributed by atoms with Crippen molar-refractivity contribution < 1.29 is 25.0 Å². The average Bonchev–Trinajstić information content (AvgIpc) is 2.47. The van der Waals surface area contributed by atoms with E-state index in [9.17, 15) is 14.9 Å². The molecule has 1 amide bonds. The molecule has 0 unspecified atom stereocenters. The number of nitro groups is 1. The van der Waals surface area contributed by atoms with Crippen molar-refractivity contribution in [1.29, 1.82) is 0 Å². The molecule has 0 saturated carbocycles. The van der Waals surface area contributed by atoms with Crippen molar-refractivity contribution in [2.45, 2.75) is 5.54 Å². The maximum absolute atomic E-state index is 12.1. The van der Waals surface area contributed by atoms with Crippen molar-refractivity contribution in [2.75, 3.05) is 19.8 Å². The molecular formula is C11H12Cl2N2O6. The lowest BCUT2D eigenvalue weighted by atomic mass is 10.0. The highest BCUT2D eigenvalue weighted by molar-refractivity contribution is 6.44. The minimum Gasteiger partial charge on any atom is -0.394 e. The lowest BCUT2D eigenvalue weighted by Crippen LogP contribution is -2.57. The Kier molecular flexibility index (Phi) is 5.87. The number of amides is 1. The van der Waals surface area contributed by atoms with E-state index in [2.05, 4.69) is 5.32 Å². The molecule has 0 radical (unpaired) electrons. The van der Waals surface area contributed by atoms with Gasteiger partial charge in [-0.1, -0.05) is 23.2 Å². The summed E-state index contributed by atoms with van der Waals surface area (Å²) in [7, 11) is 0. The highest BCUT2D eigenvalue weighted by Gasteiger charge is 2.31. The Morgan fingerprint density at radius 3 is 2.19 bits per heavy atom. The number of benzene rings is 1. The van der Waals surface area contributed by atoms with E-state index >= 15 is 0 Å². The molecule has 116 valence electrons. The van der Waals surface area contributed by atoms with Crippen LogP contribution < -0.4 is 5.32 Å². The summed E-state index contributed by atoms with van der Waals surface area (Å²) in [5.41, 5.74) is -2.44. The number of hydrogen-bond donors (Lipinski definition) is 4. The van der Waals surface area contributed by atoms with Crippen molar-refractivity contribution >= 4 is 34.8 Å². The van der Waals surface area contributed by atoms with E-state index in [1.54, 1.807) is 0 Å². The van der Waals surface area contributed by atoms with Gasteiger partial charge in [0.15, 0.2) is 0 Å². The molecule has 21 heavy (non-hydrogen) atoms. The van der Waals surface area contributed by atoms with Gasteiger partial charge in [-0.15, -0.1) is 0 Å². The minimum absolute atomic E-state index is 0.196. The number of nitrogens with one attached hydrogen (secondary N) is 1. The number of hydrogen-bond acceptors (Lipinski definition) is 6. The molecule has 8 nitrogen and oxygen atoms in total. The number of rotatable bonds is 6. The zero-order chi connectivity index (χ0) is 16.2. The molecule has 1 rings (SSSR count). The van der Waals surface area contributed by atoms with Gasteiger partial charge in [-0.3, -0.25) is 14.9 Å². The molecule has 4 N–H and O–H groups in total. The van der Waals surface area contributed by atoms with Crippen LogP contribution in [0, 0.1) is 10.1 Å². The van der Waals surface area contributed by atoms with Crippen molar-refractivity contribution in [1.82, 2.24) is 5.32 Å². The number of aliphatic hydroxyl groups excluding tert-OH is 3. The molecular weight excluding hydrogens is 327 g/mol. The maximum atomic E-state index is 12.1. The summed E-state index contributed by atoms with van der Waals surface area (Å²) in [6.45, 7) is -2.23. The topological polar surface area (TPSA) is 133 Å². The summed E-state index contributed by atoms with van der Waals surface area (Å²) in [6.07, 6.45) is 0. The molecule has 0 aliphatic rings. The van der Waals surface area contributed by atoms with Gasteiger partial charge >= 0.3 is 0 Å². The Morgan fingerprint density at radius 2 is 1.76 bits per heavy atom. The third-order valence-electron chi connectivity index (χ3n) is 2.76. The van der Waals surface area contributed by atoms with Crippen molar-refractivity contribution in [2.24, 2.45) is 0 Å². The van der Waals surface area contributed by atoms with E-state index in [0.29, 0.717) is 0 Å². The Hall–Kier alpha value is -1.45. The quantitative estimate of drug-likeness (QED) is 0.436. The van der Waals surface area contributed by atoms with Crippen LogP contribution in [0.4, 0.5) is 5.69 Å². The normalized spacial score (nSPS) is 11.3. The van der Waals surface area contributed by atoms with E-state index in [-0.39, 0.29) is 15.6 Å². The second kappa shape index (κ2) is 7.01. The number of carbonyl (C=O) groups is 1. The summed E-state index contributed by atoms with van der Waals surface area (Å²) in [5.74, 6) is -0.928. The monoisotopic (exact) mass is 338 g/mol. The Balaban J connectivity index is 3.21. The molecule has 0 aliphatic carbocycles. The fourth-order valence-electron chi connectivity index (χ4n) is 1.42. The largest absolute Gasteiger partial charge is 0.394 e. The average molecular weight is 339 g/mol. The van der Waals surface area contributed by atoms with E-state index in [1.807, 2.05) is 0 Å². The molecule has 0 saturated heterocycles. The van der Waals surface area contributed by atoms with Gasteiger partial charge in [0.25, 0.3) is 11.6 Å². The van der Waals surface area contributed by atoms with E-state index in [1.165, 1.54) is 0 Å². The van der Waals surface area contributed by atoms with Gasteiger partial charge in [0, 0.05) is 12.1 Å². The van der Waals surface area contributed by atoms with Crippen LogP contribution in [0.15, 0.2) is 12.1 Å². The second-order valence-corrected chi connectivity index (χ2v) is 5.04. The summed E-state index contributed by atoms with van der Waals surface area (Å²) in [5, 5.41) is 39.9. The number of nitrogens with zero attached hydrogens (tertiary/aromatic N) is 1. The standard InChI is InChI=1S/C11H12Cl2N2O6/c12-8-2-6(15(20)21)1-7(9(8)13)10(19)14-11(3-16,4-17)5-18/h1-2,16-18H,3-5H2,(H,14,19). The van der Waals surface area contributed by atoms with Crippen LogP contribution in [0.1, 0.15) is 10.4 Å². The third kappa shape index (κ3) is 3.80. The van der Waals surface area contributed by atoms with Crippen molar-refractivity contribution in [3.63, 3.8) is 0 Å². The third-order valence-corrected chi connectivity index (χ3v) is 3.56. The predicted octanol–water partition coefficient (Wildman–Crippen LogP) is 0.347. The van der Waals surface area contributed by atoms with Crippen LogP contribution in [0.3, 0.4) is 0 Å². The zero-order valence-electron chi connectivity index (χ0n) is 10.5. The number of aliphatic hydroxyl groups is 3. The van der Waals surface area contributed by atoms with Crippen molar-refractivity contribution in [3.05, 3.63) is 37.9 Å². The second-order valence-electron chi connectivity index (χ2n) is 4.26. The summed E-state index contributed by atoms with van der Waals surface area (Å²) in [4.78, 5) is 22.1. The van der Waals surface area contributed by atoms with Crippen LogP contribution in [-0.4, -0.2) is 51.5 Å². The first-order chi connectivity index (χ1) is 9.80. The molecule has 0 heterocycles. The molecule has 0 aromatic heterocycles. The van der Waals surface area contributed by atoms with E-state index in [0.717, 1.165) is 12.1 Å². The highest BCUT2D eigenvalue weighted by Crippen LogP contribution is 2.31. The Morgan fingerprint density at radius 1 is 1.24 bits per heavy atom. The van der Waals surface area contributed by atoms with E-state index < -0.39 is 41.9 Å². The fourth-order valence-corrected chi connectivity index (χ4v) is 1.83. The van der Waals surface area contributed by atoms with Crippen LogP contribution in [0.5, 0.6) is 0 Å². The van der Waals surface area contributed by atoms with Gasteiger partial charge < -0.3 is 20.6 Å². The number of non-ortho nitro benzene ring substituents is 1. The van der Waals surface area contributed by atoms with Crippen LogP contribution in [0.2, 0.25) is 10.0 Å². The Bertz CT molecular complexity index is 554. The molecule has 0 fully saturated rings. The van der Waals surface area contributed by atoms with Crippen LogP contribution in [0.25, 0.3) is 0 Å². The first-order valence-electron chi connectivity index (χ1n) is 5.58. The molecule has 1 aromatic carbocycles. The molecule has 1 aromatic rings. The molecule has 0 bridgehead atoms. The van der Waals surface area contributed by atoms with Gasteiger partial charge in [-0.2, -0.15) is 0 Å². The smallest absolute Gasteiger partial charge is 0.271 e. The first kappa shape index (κ1) is 17.6. The fraction of sp³-hybridized carbons (Fsp3) is 0.364. The maximum Gasteiger partial charge on any atom is 0.271 e. The summed E-state index contributed by atoms with van der Waals surface area (Å²) < 4.78 is 0. The number of carbonyl (C=O) groups excluding carboxylic acids is 1. The van der Waals surface area contributed by atoms with E-state index in [4.69, 9.17) is 38.5 Å². The van der Waals surface area contributed by atoms with Gasteiger partial charge in [0.05, 0.1) is 40.4 Å². The molecule has 0 atom stereocenters. The van der Waals surface area contributed by atoms with Crippen LogP contribution in [-0.2, 0) is 0 Å². The van der Waals surface area contributed by atoms with Gasteiger partial charge in [0.2, 0.25) is 0 Å². The highest BCUT2D eigenvalue weighted by atomic mass is 35.5. The van der Waals surface area contributed by atoms with Gasteiger partial charge in [0.1, 0.15) is 5.54 Å². The number of nitro benzene ring substituents is 1. The Labute approximate surface area is 129 Å². The SMILES string of the molecule is O=C(NC(CO)(CO)CO)c1cc([N+](=O)[O-])cc(Cl)c1Cl. The molecule has 10 heteroatoms. The minimum atomic E-state index is -1.68. The first-order valence-corrected chi connectivity index (χ1v) is 6.34.